The predicted octanol–water partition coefficient (Wildman–Crippen LogP) is 3.83. The van der Waals surface area contributed by atoms with E-state index in [4.69, 9.17) is 4.74 Å². The van der Waals surface area contributed by atoms with E-state index in [-0.39, 0.29) is 11.8 Å². The highest BCUT2D eigenvalue weighted by atomic mass is 19.4. The molecule has 0 radical (unpaired) electrons. The van der Waals surface area contributed by atoms with Crippen molar-refractivity contribution in [2.45, 2.75) is 31.5 Å². The fourth-order valence-electron chi connectivity index (χ4n) is 2.10. The van der Waals surface area contributed by atoms with Crippen LogP contribution in [0, 0.1) is 5.82 Å². The Labute approximate surface area is 108 Å². The van der Waals surface area contributed by atoms with Gasteiger partial charge in [0.05, 0.1) is 11.7 Å². The zero-order valence-corrected chi connectivity index (χ0v) is 10.3. The quantitative estimate of drug-likeness (QED) is 0.845. The molecule has 0 bridgehead atoms. The summed E-state index contributed by atoms with van der Waals surface area (Å²) in [4.78, 5) is 0. The minimum Gasteiger partial charge on any atom is -0.385 e. The fourth-order valence-corrected chi connectivity index (χ4v) is 2.10. The molecule has 2 rings (SSSR count). The number of rotatable bonds is 4. The summed E-state index contributed by atoms with van der Waals surface area (Å²) in [5.41, 5.74) is -0.971. The smallest absolute Gasteiger partial charge is 0.385 e. The van der Waals surface area contributed by atoms with E-state index >= 15 is 0 Å². The van der Waals surface area contributed by atoms with Crippen LogP contribution in [0.3, 0.4) is 0 Å². The van der Waals surface area contributed by atoms with Crippen molar-refractivity contribution in [3.63, 3.8) is 0 Å². The fraction of sp³-hybridized carbons (Fsp3) is 0.538. The number of alkyl halides is 3. The molecule has 19 heavy (non-hydrogen) atoms. The molecule has 1 fully saturated rings. The molecule has 0 aromatic heterocycles. The monoisotopic (exact) mass is 277 g/mol. The second kappa shape index (κ2) is 5.77. The SMILES string of the molecule is Fc1ccc(NCCC2CCCO2)cc1C(F)(F)F. The van der Waals surface area contributed by atoms with E-state index in [0.717, 1.165) is 38.0 Å². The molecule has 0 spiro atoms. The maximum absolute atomic E-state index is 13.1. The Bertz CT molecular complexity index is 427. The average Bonchev–Trinajstić information content (AvgIpc) is 2.83. The van der Waals surface area contributed by atoms with Crippen LogP contribution in [0.4, 0.5) is 23.2 Å². The van der Waals surface area contributed by atoms with Gasteiger partial charge in [0.25, 0.3) is 0 Å². The summed E-state index contributed by atoms with van der Waals surface area (Å²) in [6.07, 6.45) is -1.75. The van der Waals surface area contributed by atoms with E-state index in [1.54, 1.807) is 0 Å². The Kier molecular flexibility index (Phi) is 4.29. The second-order valence-corrected chi connectivity index (χ2v) is 4.54. The Hall–Kier alpha value is -1.30. The van der Waals surface area contributed by atoms with Gasteiger partial charge in [0.1, 0.15) is 5.82 Å². The third kappa shape index (κ3) is 3.83. The van der Waals surface area contributed by atoms with E-state index in [9.17, 15) is 17.6 Å². The topological polar surface area (TPSA) is 21.3 Å². The van der Waals surface area contributed by atoms with Crippen LogP contribution in [-0.4, -0.2) is 19.3 Å². The molecule has 1 aliphatic heterocycles. The van der Waals surface area contributed by atoms with Crippen molar-refractivity contribution in [3.05, 3.63) is 29.6 Å². The molecule has 1 aliphatic rings. The van der Waals surface area contributed by atoms with Crippen LogP contribution >= 0.6 is 0 Å². The standard InChI is InChI=1S/C13H15F4NO/c14-12-4-3-9(8-11(12)13(15,16)17)18-6-5-10-2-1-7-19-10/h3-4,8,10,18H,1-2,5-7H2. The normalized spacial score (nSPS) is 19.7. The zero-order chi connectivity index (χ0) is 13.9. The van der Waals surface area contributed by atoms with Gasteiger partial charge in [0.2, 0.25) is 0 Å². The van der Waals surface area contributed by atoms with Gasteiger partial charge in [-0.2, -0.15) is 13.2 Å². The van der Waals surface area contributed by atoms with Gasteiger partial charge >= 0.3 is 6.18 Å². The molecule has 106 valence electrons. The van der Waals surface area contributed by atoms with Crippen LogP contribution in [-0.2, 0) is 10.9 Å². The van der Waals surface area contributed by atoms with Gasteiger partial charge in [-0.3, -0.25) is 0 Å². The lowest BCUT2D eigenvalue weighted by atomic mass is 10.1. The Morgan fingerprint density at radius 1 is 1.32 bits per heavy atom. The van der Waals surface area contributed by atoms with E-state index in [2.05, 4.69) is 5.32 Å². The van der Waals surface area contributed by atoms with Crippen LogP contribution in [0.5, 0.6) is 0 Å². The van der Waals surface area contributed by atoms with E-state index in [0.29, 0.717) is 6.54 Å². The molecular formula is C13H15F4NO. The van der Waals surface area contributed by atoms with Gasteiger partial charge in [0.15, 0.2) is 0 Å². The Morgan fingerprint density at radius 3 is 2.74 bits per heavy atom. The highest BCUT2D eigenvalue weighted by molar-refractivity contribution is 5.47. The van der Waals surface area contributed by atoms with E-state index < -0.39 is 17.6 Å². The number of ether oxygens (including phenoxy) is 1. The van der Waals surface area contributed by atoms with E-state index in [1.165, 1.54) is 6.07 Å². The molecule has 1 saturated heterocycles. The number of hydrogen-bond acceptors (Lipinski definition) is 2. The predicted molar refractivity (Wildman–Crippen MR) is 63.5 cm³/mol. The van der Waals surface area contributed by atoms with Crippen molar-refractivity contribution in [3.8, 4) is 0 Å². The van der Waals surface area contributed by atoms with Crippen molar-refractivity contribution in [1.29, 1.82) is 0 Å². The van der Waals surface area contributed by atoms with Gasteiger partial charge in [-0.15, -0.1) is 0 Å². The largest absolute Gasteiger partial charge is 0.419 e. The van der Waals surface area contributed by atoms with Crippen LogP contribution < -0.4 is 5.32 Å². The number of anilines is 1. The van der Waals surface area contributed by atoms with Crippen LogP contribution in [0.1, 0.15) is 24.8 Å². The molecule has 0 amide bonds. The number of nitrogens with one attached hydrogen (secondary N) is 1. The van der Waals surface area contributed by atoms with Gasteiger partial charge in [0, 0.05) is 18.8 Å². The lowest BCUT2D eigenvalue weighted by molar-refractivity contribution is -0.139. The Balaban J connectivity index is 1.93. The van der Waals surface area contributed by atoms with Crippen molar-refractivity contribution >= 4 is 5.69 Å². The number of halogens is 4. The van der Waals surface area contributed by atoms with Crippen molar-refractivity contribution in [2.24, 2.45) is 0 Å². The molecule has 1 aromatic rings. The highest BCUT2D eigenvalue weighted by Gasteiger charge is 2.34. The van der Waals surface area contributed by atoms with Gasteiger partial charge in [-0.25, -0.2) is 4.39 Å². The summed E-state index contributed by atoms with van der Waals surface area (Å²) in [6, 6.07) is 2.93. The molecular weight excluding hydrogens is 262 g/mol. The molecule has 1 N–H and O–H groups in total. The lowest BCUT2D eigenvalue weighted by Gasteiger charge is -2.13. The van der Waals surface area contributed by atoms with Gasteiger partial charge < -0.3 is 10.1 Å². The van der Waals surface area contributed by atoms with Crippen molar-refractivity contribution in [2.75, 3.05) is 18.5 Å². The maximum Gasteiger partial charge on any atom is 0.419 e. The Morgan fingerprint density at radius 2 is 2.11 bits per heavy atom. The van der Waals surface area contributed by atoms with Crippen LogP contribution in [0.15, 0.2) is 18.2 Å². The first-order valence-corrected chi connectivity index (χ1v) is 6.19. The molecule has 1 aromatic carbocycles. The lowest BCUT2D eigenvalue weighted by Crippen LogP contribution is -2.13. The summed E-state index contributed by atoms with van der Waals surface area (Å²) in [6.45, 7) is 1.26. The molecule has 2 nitrogen and oxygen atoms in total. The zero-order valence-electron chi connectivity index (χ0n) is 10.3. The molecule has 1 heterocycles. The molecule has 1 unspecified atom stereocenters. The first-order valence-electron chi connectivity index (χ1n) is 6.19. The van der Waals surface area contributed by atoms with Gasteiger partial charge in [-0.05, 0) is 37.5 Å². The third-order valence-electron chi connectivity index (χ3n) is 3.09. The molecule has 6 heteroatoms. The summed E-state index contributed by atoms with van der Waals surface area (Å²) < 4.78 is 56.0. The van der Waals surface area contributed by atoms with Crippen molar-refractivity contribution < 1.29 is 22.3 Å². The summed E-state index contributed by atoms with van der Waals surface area (Å²) in [5, 5.41) is 2.86. The minimum atomic E-state index is -4.67. The van der Waals surface area contributed by atoms with Crippen molar-refractivity contribution in [1.82, 2.24) is 0 Å². The minimum absolute atomic E-state index is 0.176. The second-order valence-electron chi connectivity index (χ2n) is 4.54. The first-order chi connectivity index (χ1) is 8.97. The maximum atomic E-state index is 13.1. The van der Waals surface area contributed by atoms with E-state index in [1.807, 2.05) is 0 Å². The summed E-state index contributed by atoms with van der Waals surface area (Å²) >= 11 is 0. The number of hydrogen-bond donors (Lipinski definition) is 1. The first kappa shape index (κ1) is 14.1. The molecule has 0 aliphatic carbocycles. The molecule has 1 atom stereocenters. The third-order valence-corrected chi connectivity index (χ3v) is 3.09. The summed E-state index contributed by atoms with van der Waals surface area (Å²) in [7, 11) is 0. The highest BCUT2D eigenvalue weighted by Crippen LogP contribution is 2.33. The summed E-state index contributed by atoms with van der Waals surface area (Å²) in [5.74, 6) is -1.25. The average molecular weight is 277 g/mol. The van der Waals surface area contributed by atoms with Crippen LogP contribution in [0.25, 0.3) is 0 Å². The van der Waals surface area contributed by atoms with Gasteiger partial charge in [-0.1, -0.05) is 0 Å². The molecule has 0 saturated carbocycles. The van der Waals surface area contributed by atoms with Crippen LogP contribution in [0.2, 0.25) is 0 Å². The number of benzene rings is 1.